The van der Waals surface area contributed by atoms with Gasteiger partial charge in [-0.1, -0.05) is 13.3 Å². The van der Waals surface area contributed by atoms with Gasteiger partial charge in [0.15, 0.2) is 5.65 Å². The number of nitrogens with zero attached hydrogens (tertiary/aromatic N) is 3. The van der Waals surface area contributed by atoms with E-state index in [2.05, 4.69) is 4.98 Å². The van der Waals surface area contributed by atoms with E-state index in [0.29, 0.717) is 23.2 Å². The van der Waals surface area contributed by atoms with Crippen LogP contribution in [0.4, 0.5) is 13.2 Å². The number of hydrogen-bond acceptors (Lipinski definition) is 5. The second-order valence-corrected chi connectivity index (χ2v) is 6.97. The molecular formula is C21H22F3N3O4. The van der Waals surface area contributed by atoms with Crippen LogP contribution in [-0.4, -0.2) is 28.3 Å². The third kappa shape index (κ3) is 4.01. The SMILES string of the molecule is CCCCn1c(=O)n(C)c(=O)c2c(C(F)(F)F)cc(-c3ccc(OC)cc3OC)nc21. The van der Waals surface area contributed by atoms with Gasteiger partial charge in [-0.25, -0.2) is 9.78 Å². The van der Waals surface area contributed by atoms with Gasteiger partial charge in [-0.2, -0.15) is 13.2 Å². The number of hydrogen-bond donors (Lipinski definition) is 0. The highest BCUT2D eigenvalue weighted by Crippen LogP contribution is 2.38. The van der Waals surface area contributed by atoms with Gasteiger partial charge in [-0.3, -0.25) is 13.9 Å². The van der Waals surface area contributed by atoms with Crippen molar-refractivity contribution >= 4 is 11.0 Å². The lowest BCUT2D eigenvalue weighted by molar-refractivity contribution is -0.136. The second-order valence-electron chi connectivity index (χ2n) is 6.97. The summed E-state index contributed by atoms with van der Waals surface area (Å²) >= 11 is 0. The summed E-state index contributed by atoms with van der Waals surface area (Å²) < 4.78 is 54.2. The fourth-order valence-corrected chi connectivity index (χ4v) is 3.35. The molecule has 7 nitrogen and oxygen atoms in total. The van der Waals surface area contributed by atoms with Gasteiger partial charge in [-0.05, 0) is 24.6 Å². The first kappa shape index (κ1) is 22.4. The van der Waals surface area contributed by atoms with Crippen molar-refractivity contribution in [1.29, 1.82) is 0 Å². The fraction of sp³-hybridized carbons (Fsp3) is 0.381. The maximum Gasteiger partial charge on any atom is 0.417 e. The first-order chi connectivity index (χ1) is 14.6. The molecule has 0 aliphatic heterocycles. The van der Waals surface area contributed by atoms with E-state index in [-0.39, 0.29) is 29.2 Å². The van der Waals surface area contributed by atoms with Crippen molar-refractivity contribution in [2.75, 3.05) is 14.2 Å². The molecule has 0 saturated heterocycles. The molecule has 0 spiro atoms. The molecule has 2 heterocycles. The van der Waals surface area contributed by atoms with Crippen LogP contribution in [0.3, 0.4) is 0 Å². The van der Waals surface area contributed by atoms with Crippen LogP contribution >= 0.6 is 0 Å². The average molecular weight is 437 g/mol. The molecule has 0 aliphatic carbocycles. The molecule has 3 rings (SSSR count). The van der Waals surface area contributed by atoms with E-state index in [0.717, 1.165) is 17.7 Å². The number of rotatable bonds is 6. The topological polar surface area (TPSA) is 75.4 Å². The number of aromatic nitrogens is 3. The molecule has 10 heteroatoms. The Morgan fingerprint density at radius 1 is 1.10 bits per heavy atom. The number of pyridine rings is 1. The zero-order chi connectivity index (χ0) is 22.9. The van der Waals surface area contributed by atoms with E-state index in [4.69, 9.17) is 9.47 Å². The molecule has 0 unspecified atom stereocenters. The van der Waals surface area contributed by atoms with Crippen molar-refractivity contribution in [3.8, 4) is 22.8 Å². The van der Waals surface area contributed by atoms with Crippen LogP contribution in [0.15, 0.2) is 33.9 Å². The van der Waals surface area contributed by atoms with E-state index in [1.54, 1.807) is 6.07 Å². The highest BCUT2D eigenvalue weighted by atomic mass is 19.4. The summed E-state index contributed by atoms with van der Waals surface area (Å²) in [5, 5.41) is -0.637. The number of alkyl halides is 3. The van der Waals surface area contributed by atoms with Gasteiger partial charge in [0.1, 0.15) is 11.5 Å². The first-order valence-electron chi connectivity index (χ1n) is 9.58. The Bertz CT molecular complexity index is 1250. The van der Waals surface area contributed by atoms with Crippen molar-refractivity contribution in [1.82, 2.24) is 14.1 Å². The molecule has 0 aliphatic rings. The Hall–Kier alpha value is -3.30. The van der Waals surface area contributed by atoms with Gasteiger partial charge in [0.05, 0.1) is 30.9 Å². The van der Waals surface area contributed by atoms with Crippen molar-refractivity contribution in [3.05, 3.63) is 50.7 Å². The van der Waals surface area contributed by atoms with Gasteiger partial charge >= 0.3 is 11.9 Å². The Labute approximate surface area is 175 Å². The number of aryl methyl sites for hydroxylation is 1. The number of ether oxygens (including phenoxy) is 2. The number of methoxy groups -OCH3 is 2. The summed E-state index contributed by atoms with van der Waals surface area (Å²) in [6.07, 6.45) is -3.60. The fourth-order valence-electron chi connectivity index (χ4n) is 3.35. The minimum atomic E-state index is -4.84. The Morgan fingerprint density at radius 3 is 2.39 bits per heavy atom. The lowest BCUT2D eigenvalue weighted by Gasteiger charge is -2.17. The minimum Gasteiger partial charge on any atom is -0.497 e. The zero-order valence-electron chi connectivity index (χ0n) is 17.5. The molecular weight excluding hydrogens is 415 g/mol. The maximum atomic E-state index is 14.0. The maximum absolute atomic E-state index is 14.0. The smallest absolute Gasteiger partial charge is 0.417 e. The van der Waals surface area contributed by atoms with Crippen LogP contribution in [0, 0.1) is 0 Å². The molecule has 166 valence electrons. The lowest BCUT2D eigenvalue weighted by Crippen LogP contribution is -2.39. The largest absolute Gasteiger partial charge is 0.497 e. The van der Waals surface area contributed by atoms with E-state index in [1.165, 1.54) is 26.4 Å². The quantitative estimate of drug-likeness (QED) is 0.589. The van der Waals surface area contributed by atoms with Crippen molar-refractivity contribution < 1.29 is 22.6 Å². The van der Waals surface area contributed by atoms with Crippen LogP contribution in [-0.2, 0) is 19.8 Å². The summed E-state index contributed by atoms with van der Waals surface area (Å²) in [5.41, 5.74) is -3.02. The zero-order valence-corrected chi connectivity index (χ0v) is 17.5. The van der Waals surface area contributed by atoms with Crippen LogP contribution in [0.25, 0.3) is 22.3 Å². The van der Waals surface area contributed by atoms with Gasteiger partial charge in [0, 0.05) is 25.2 Å². The summed E-state index contributed by atoms with van der Waals surface area (Å²) in [4.78, 5) is 29.7. The number of benzene rings is 1. The molecule has 2 aromatic heterocycles. The van der Waals surface area contributed by atoms with E-state index in [9.17, 15) is 22.8 Å². The summed E-state index contributed by atoms with van der Waals surface area (Å²) in [5.74, 6) is 0.691. The molecule has 0 amide bonds. The number of halogens is 3. The Balaban J connectivity index is 2.48. The average Bonchev–Trinajstić information content (AvgIpc) is 2.75. The third-order valence-electron chi connectivity index (χ3n) is 5.02. The van der Waals surface area contributed by atoms with Crippen LogP contribution in [0.2, 0.25) is 0 Å². The summed E-state index contributed by atoms with van der Waals surface area (Å²) in [6.45, 7) is 2.02. The van der Waals surface area contributed by atoms with Gasteiger partial charge < -0.3 is 9.47 Å². The molecule has 0 bridgehead atoms. The predicted molar refractivity (Wildman–Crippen MR) is 110 cm³/mol. The molecule has 0 fully saturated rings. The first-order valence-corrected chi connectivity index (χ1v) is 9.58. The lowest BCUT2D eigenvalue weighted by atomic mass is 10.0. The normalized spacial score (nSPS) is 11.7. The van der Waals surface area contributed by atoms with Gasteiger partial charge in [-0.15, -0.1) is 0 Å². The van der Waals surface area contributed by atoms with Gasteiger partial charge in [0.25, 0.3) is 5.56 Å². The standard InChI is InChI=1S/C21H22F3N3O4/c1-5-6-9-27-18-17(19(28)26(2)20(27)29)14(21(22,23)24)11-15(25-18)13-8-7-12(30-3)10-16(13)31-4/h7-8,10-11H,5-6,9H2,1-4H3. The molecule has 0 saturated carbocycles. The van der Waals surface area contributed by atoms with Crippen LogP contribution in [0.5, 0.6) is 11.5 Å². The third-order valence-corrected chi connectivity index (χ3v) is 5.02. The van der Waals surface area contributed by atoms with E-state index >= 15 is 0 Å². The van der Waals surface area contributed by atoms with Gasteiger partial charge in [0.2, 0.25) is 0 Å². The molecule has 1 aromatic carbocycles. The molecule has 0 radical (unpaired) electrons. The highest BCUT2D eigenvalue weighted by Gasteiger charge is 2.36. The van der Waals surface area contributed by atoms with E-state index in [1.807, 2.05) is 6.92 Å². The number of fused-ring (bicyclic) bond motifs is 1. The monoisotopic (exact) mass is 437 g/mol. The molecule has 0 atom stereocenters. The number of unbranched alkanes of at least 4 members (excludes halogenated alkanes) is 1. The molecule has 31 heavy (non-hydrogen) atoms. The molecule has 3 aromatic rings. The minimum absolute atomic E-state index is 0.0720. The van der Waals surface area contributed by atoms with Crippen LogP contribution < -0.4 is 20.7 Å². The van der Waals surface area contributed by atoms with Crippen molar-refractivity contribution in [3.63, 3.8) is 0 Å². The van der Waals surface area contributed by atoms with E-state index < -0.39 is 28.4 Å². The van der Waals surface area contributed by atoms with Crippen molar-refractivity contribution in [2.24, 2.45) is 7.05 Å². The molecule has 0 N–H and O–H groups in total. The van der Waals surface area contributed by atoms with Crippen molar-refractivity contribution in [2.45, 2.75) is 32.5 Å². The Morgan fingerprint density at radius 2 is 1.81 bits per heavy atom. The predicted octanol–water partition coefficient (Wildman–Crippen LogP) is 3.60. The van der Waals surface area contributed by atoms with Crippen LogP contribution in [0.1, 0.15) is 25.3 Å². The highest BCUT2D eigenvalue weighted by molar-refractivity contribution is 5.83. The Kier molecular flexibility index (Phi) is 6.10. The summed E-state index contributed by atoms with van der Waals surface area (Å²) in [7, 11) is 3.98. The summed E-state index contributed by atoms with van der Waals surface area (Å²) in [6, 6.07) is 5.40. The second kappa shape index (κ2) is 8.44.